The minimum Gasteiger partial charge on any atom is -0.373 e. The standard InChI is InChI=1S/C23H25N5O2/c1-17-4-3-5-22(14-17)28-12-10-27(11-13-28)16-19(15-24)23(30)26-21-8-6-20(7-9-21)25-18(2)29/h3-9,14,16H,10-13H2,1-2H3,(H,25,29)(H,26,30)/b19-16-. The molecule has 0 aliphatic carbocycles. The van der Waals surface area contributed by atoms with Crippen LogP contribution in [0.5, 0.6) is 0 Å². The summed E-state index contributed by atoms with van der Waals surface area (Å²) in [5.41, 5.74) is 3.68. The summed E-state index contributed by atoms with van der Waals surface area (Å²) < 4.78 is 0. The molecule has 30 heavy (non-hydrogen) atoms. The molecule has 2 aromatic carbocycles. The molecular formula is C23H25N5O2. The second-order valence-corrected chi connectivity index (χ2v) is 7.23. The number of anilines is 3. The first-order chi connectivity index (χ1) is 14.4. The van der Waals surface area contributed by atoms with Crippen molar-refractivity contribution in [3.63, 3.8) is 0 Å². The predicted octanol–water partition coefficient (Wildman–Crippen LogP) is 3.12. The maximum atomic E-state index is 12.5. The van der Waals surface area contributed by atoms with Crippen LogP contribution in [-0.4, -0.2) is 42.9 Å². The predicted molar refractivity (Wildman–Crippen MR) is 118 cm³/mol. The fraction of sp³-hybridized carbons (Fsp3) is 0.261. The van der Waals surface area contributed by atoms with Crippen LogP contribution < -0.4 is 15.5 Å². The van der Waals surface area contributed by atoms with Gasteiger partial charge in [0.05, 0.1) is 0 Å². The van der Waals surface area contributed by atoms with E-state index in [9.17, 15) is 14.9 Å². The summed E-state index contributed by atoms with van der Waals surface area (Å²) in [6, 6.07) is 17.1. The van der Waals surface area contributed by atoms with E-state index in [4.69, 9.17) is 0 Å². The Labute approximate surface area is 176 Å². The van der Waals surface area contributed by atoms with E-state index in [1.165, 1.54) is 18.2 Å². The molecule has 1 aliphatic rings. The molecule has 0 radical (unpaired) electrons. The Morgan fingerprint density at radius 3 is 2.20 bits per heavy atom. The molecule has 0 bridgehead atoms. The summed E-state index contributed by atoms with van der Waals surface area (Å²) in [4.78, 5) is 27.9. The van der Waals surface area contributed by atoms with Crippen molar-refractivity contribution in [3.05, 3.63) is 65.9 Å². The van der Waals surface area contributed by atoms with E-state index in [2.05, 4.69) is 46.7 Å². The van der Waals surface area contributed by atoms with Gasteiger partial charge >= 0.3 is 0 Å². The molecule has 2 aromatic rings. The normalized spacial score (nSPS) is 14.1. The van der Waals surface area contributed by atoms with Crippen molar-refractivity contribution in [3.8, 4) is 6.07 Å². The van der Waals surface area contributed by atoms with Crippen molar-refractivity contribution in [1.29, 1.82) is 5.26 Å². The van der Waals surface area contributed by atoms with Crippen LogP contribution in [0.3, 0.4) is 0 Å². The monoisotopic (exact) mass is 403 g/mol. The highest BCUT2D eigenvalue weighted by Crippen LogP contribution is 2.19. The smallest absolute Gasteiger partial charge is 0.267 e. The first kappa shape index (κ1) is 20.9. The van der Waals surface area contributed by atoms with E-state index < -0.39 is 5.91 Å². The van der Waals surface area contributed by atoms with Gasteiger partial charge in [0.1, 0.15) is 11.6 Å². The van der Waals surface area contributed by atoms with Gasteiger partial charge in [-0.05, 0) is 48.9 Å². The molecular weight excluding hydrogens is 378 g/mol. The second-order valence-electron chi connectivity index (χ2n) is 7.23. The number of nitriles is 1. The van der Waals surface area contributed by atoms with E-state index >= 15 is 0 Å². The van der Waals surface area contributed by atoms with Crippen LogP contribution >= 0.6 is 0 Å². The molecule has 1 saturated heterocycles. The van der Waals surface area contributed by atoms with E-state index in [1.807, 2.05) is 11.0 Å². The van der Waals surface area contributed by atoms with Gasteiger partial charge in [-0.15, -0.1) is 0 Å². The Bertz CT molecular complexity index is 983. The Balaban J connectivity index is 1.58. The molecule has 0 atom stereocenters. The number of hydrogen-bond acceptors (Lipinski definition) is 5. The maximum absolute atomic E-state index is 12.5. The zero-order valence-corrected chi connectivity index (χ0v) is 17.2. The lowest BCUT2D eigenvalue weighted by Gasteiger charge is -2.35. The lowest BCUT2D eigenvalue weighted by atomic mass is 10.2. The van der Waals surface area contributed by atoms with Crippen molar-refractivity contribution in [2.24, 2.45) is 0 Å². The van der Waals surface area contributed by atoms with Gasteiger partial charge in [-0.3, -0.25) is 9.59 Å². The first-order valence-corrected chi connectivity index (χ1v) is 9.81. The fourth-order valence-corrected chi connectivity index (χ4v) is 3.29. The third-order valence-electron chi connectivity index (χ3n) is 4.82. The zero-order valence-electron chi connectivity index (χ0n) is 17.2. The number of nitrogens with one attached hydrogen (secondary N) is 2. The van der Waals surface area contributed by atoms with Gasteiger partial charge in [0.25, 0.3) is 5.91 Å². The number of amides is 2. The second kappa shape index (κ2) is 9.61. The van der Waals surface area contributed by atoms with Crippen LogP contribution in [0.25, 0.3) is 0 Å². The van der Waals surface area contributed by atoms with E-state index in [0.29, 0.717) is 11.4 Å². The summed E-state index contributed by atoms with van der Waals surface area (Å²) in [5, 5.41) is 14.8. The fourth-order valence-electron chi connectivity index (χ4n) is 3.29. The summed E-state index contributed by atoms with van der Waals surface area (Å²) in [7, 11) is 0. The van der Waals surface area contributed by atoms with Crippen molar-refractivity contribution >= 4 is 28.9 Å². The Kier molecular flexibility index (Phi) is 6.71. The molecule has 2 N–H and O–H groups in total. The SMILES string of the molecule is CC(=O)Nc1ccc(NC(=O)/C(C#N)=C\N2CCN(c3cccc(C)c3)CC2)cc1. The van der Waals surface area contributed by atoms with Gasteiger partial charge in [0.15, 0.2) is 0 Å². The molecule has 3 rings (SSSR count). The first-order valence-electron chi connectivity index (χ1n) is 9.81. The quantitative estimate of drug-likeness (QED) is 0.592. The highest BCUT2D eigenvalue weighted by molar-refractivity contribution is 6.06. The third-order valence-corrected chi connectivity index (χ3v) is 4.82. The van der Waals surface area contributed by atoms with Crippen LogP contribution in [0.2, 0.25) is 0 Å². The van der Waals surface area contributed by atoms with Crippen molar-refractivity contribution in [1.82, 2.24) is 4.90 Å². The molecule has 1 heterocycles. The van der Waals surface area contributed by atoms with Gasteiger partial charge in [0.2, 0.25) is 5.91 Å². The largest absolute Gasteiger partial charge is 0.373 e. The minimum atomic E-state index is -0.453. The Morgan fingerprint density at radius 1 is 1.00 bits per heavy atom. The van der Waals surface area contributed by atoms with Crippen molar-refractivity contribution < 1.29 is 9.59 Å². The average molecular weight is 403 g/mol. The molecule has 154 valence electrons. The van der Waals surface area contributed by atoms with Gasteiger partial charge in [-0.25, -0.2) is 0 Å². The van der Waals surface area contributed by atoms with Gasteiger partial charge in [0, 0.05) is 56.4 Å². The van der Waals surface area contributed by atoms with Crippen LogP contribution in [0.15, 0.2) is 60.3 Å². The number of carbonyl (C=O) groups is 2. The molecule has 0 spiro atoms. The summed E-state index contributed by atoms with van der Waals surface area (Å²) in [6.07, 6.45) is 1.63. The Hall–Kier alpha value is -3.79. The molecule has 7 nitrogen and oxygen atoms in total. The average Bonchev–Trinajstić information content (AvgIpc) is 2.73. The number of carbonyl (C=O) groups excluding carboxylic acids is 2. The number of aryl methyl sites for hydroxylation is 1. The van der Waals surface area contributed by atoms with Gasteiger partial charge in [-0.2, -0.15) is 5.26 Å². The van der Waals surface area contributed by atoms with Crippen LogP contribution in [0.1, 0.15) is 12.5 Å². The van der Waals surface area contributed by atoms with Gasteiger partial charge < -0.3 is 20.4 Å². The lowest BCUT2D eigenvalue weighted by molar-refractivity contribution is -0.114. The van der Waals surface area contributed by atoms with Gasteiger partial charge in [-0.1, -0.05) is 12.1 Å². The van der Waals surface area contributed by atoms with E-state index in [-0.39, 0.29) is 11.5 Å². The van der Waals surface area contributed by atoms with E-state index in [1.54, 1.807) is 30.5 Å². The molecule has 0 unspecified atom stereocenters. The third kappa shape index (κ3) is 5.61. The van der Waals surface area contributed by atoms with Crippen LogP contribution in [-0.2, 0) is 9.59 Å². The molecule has 2 amide bonds. The van der Waals surface area contributed by atoms with Crippen LogP contribution in [0, 0.1) is 18.3 Å². The number of piperazine rings is 1. The number of benzene rings is 2. The number of rotatable bonds is 5. The molecule has 1 aliphatic heterocycles. The molecule has 0 saturated carbocycles. The number of hydrogen-bond donors (Lipinski definition) is 2. The number of nitrogens with zero attached hydrogens (tertiary/aromatic N) is 3. The summed E-state index contributed by atoms with van der Waals surface area (Å²) in [5.74, 6) is -0.616. The van der Waals surface area contributed by atoms with Crippen molar-refractivity contribution in [2.75, 3.05) is 41.7 Å². The zero-order chi connectivity index (χ0) is 21.5. The summed E-state index contributed by atoms with van der Waals surface area (Å²) in [6.45, 7) is 6.62. The minimum absolute atomic E-state index is 0.0601. The topological polar surface area (TPSA) is 88.5 Å². The van der Waals surface area contributed by atoms with Crippen molar-refractivity contribution in [2.45, 2.75) is 13.8 Å². The lowest BCUT2D eigenvalue weighted by Crippen LogP contribution is -2.44. The van der Waals surface area contributed by atoms with Crippen LogP contribution in [0.4, 0.5) is 17.1 Å². The maximum Gasteiger partial charge on any atom is 0.267 e. The molecule has 1 fully saturated rings. The summed E-state index contributed by atoms with van der Waals surface area (Å²) >= 11 is 0. The van der Waals surface area contributed by atoms with E-state index in [0.717, 1.165) is 26.2 Å². The Morgan fingerprint density at radius 2 is 1.63 bits per heavy atom. The molecule has 7 heteroatoms. The highest BCUT2D eigenvalue weighted by atomic mass is 16.2. The highest BCUT2D eigenvalue weighted by Gasteiger charge is 2.18. The molecule has 0 aromatic heterocycles.